The molecular weight excluding hydrogens is 332 g/mol. The van der Waals surface area contributed by atoms with Crippen molar-refractivity contribution in [2.24, 2.45) is 0 Å². The van der Waals surface area contributed by atoms with E-state index in [1.807, 2.05) is 18.2 Å². The fraction of sp³-hybridized carbons (Fsp3) is 0.500. The highest BCUT2D eigenvalue weighted by Crippen LogP contribution is 2.24. The molecule has 1 aromatic carbocycles. The Bertz CT molecular complexity index is 671. The Balaban J connectivity index is 2.51. The van der Waals surface area contributed by atoms with E-state index in [2.05, 4.69) is 0 Å². The molecule has 120 valence electrons. The van der Waals surface area contributed by atoms with E-state index in [0.717, 1.165) is 15.5 Å². The van der Waals surface area contributed by atoms with Crippen LogP contribution in [0.15, 0.2) is 29.2 Å². The first kappa shape index (κ1) is 18.3. The van der Waals surface area contributed by atoms with E-state index in [0.29, 0.717) is 11.4 Å². The minimum absolute atomic E-state index is 0.0285. The highest BCUT2D eigenvalue weighted by molar-refractivity contribution is 8.00. The van der Waals surface area contributed by atoms with Gasteiger partial charge in [-0.3, -0.25) is 0 Å². The molecule has 0 saturated heterocycles. The number of nitrogens with two attached hydrogens (primary N) is 1. The summed E-state index contributed by atoms with van der Waals surface area (Å²) in [5, 5.41) is 0. The van der Waals surface area contributed by atoms with Crippen molar-refractivity contribution in [3.63, 3.8) is 0 Å². The first-order valence-electron chi connectivity index (χ1n) is 6.21. The molecule has 6 nitrogen and oxygen atoms in total. The molecule has 0 aliphatic carbocycles. The van der Waals surface area contributed by atoms with Gasteiger partial charge in [0, 0.05) is 36.2 Å². The van der Waals surface area contributed by atoms with Crippen LogP contribution in [0, 0.1) is 0 Å². The summed E-state index contributed by atoms with van der Waals surface area (Å²) in [5.74, 6) is 0.119. The standard InChI is InChI=1S/C12H20N2O4S3/c1-14(7-9-20(2,15)16)21(17,18)10-8-19-12-6-4-3-5-11(12)13/h3-6H,7-10,13H2,1-2H3. The van der Waals surface area contributed by atoms with Crippen molar-refractivity contribution in [2.75, 3.05) is 42.8 Å². The van der Waals surface area contributed by atoms with E-state index in [1.165, 1.54) is 18.8 Å². The number of sulfonamides is 1. The number of thioether (sulfide) groups is 1. The molecule has 9 heteroatoms. The van der Waals surface area contributed by atoms with Gasteiger partial charge < -0.3 is 5.73 Å². The Morgan fingerprint density at radius 2 is 1.76 bits per heavy atom. The van der Waals surface area contributed by atoms with Crippen LogP contribution in [0.2, 0.25) is 0 Å². The number of para-hydroxylation sites is 1. The highest BCUT2D eigenvalue weighted by Gasteiger charge is 2.19. The van der Waals surface area contributed by atoms with Crippen LogP contribution in [0.1, 0.15) is 0 Å². The van der Waals surface area contributed by atoms with Crippen molar-refractivity contribution >= 4 is 37.3 Å². The minimum Gasteiger partial charge on any atom is -0.398 e. The number of hydrogen-bond acceptors (Lipinski definition) is 6. The van der Waals surface area contributed by atoms with Crippen molar-refractivity contribution < 1.29 is 16.8 Å². The van der Waals surface area contributed by atoms with E-state index in [4.69, 9.17) is 5.73 Å². The summed E-state index contributed by atoms with van der Waals surface area (Å²) in [6.45, 7) is -0.0285. The Morgan fingerprint density at radius 3 is 2.33 bits per heavy atom. The molecule has 0 aliphatic rings. The Labute approximate surface area is 130 Å². The second kappa shape index (κ2) is 7.48. The first-order valence-corrected chi connectivity index (χ1v) is 10.9. The molecular formula is C12H20N2O4S3. The van der Waals surface area contributed by atoms with E-state index in [-0.39, 0.29) is 18.1 Å². The summed E-state index contributed by atoms with van der Waals surface area (Å²) >= 11 is 1.37. The summed E-state index contributed by atoms with van der Waals surface area (Å²) in [7, 11) is -5.24. The fourth-order valence-electron chi connectivity index (χ4n) is 1.46. The van der Waals surface area contributed by atoms with E-state index < -0.39 is 19.9 Å². The molecule has 0 unspecified atom stereocenters. The maximum Gasteiger partial charge on any atom is 0.214 e. The number of nitrogens with zero attached hydrogens (tertiary/aromatic N) is 1. The van der Waals surface area contributed by atoms with Crippen LogP contribution in [0.5, 0.6) is 0 Å². The van der Waals surface area contributed by atoms with Crippen molar-refractivity contribution in [3.05, 3.63) is 24.3 Å². The smallest absolute Gasteiger partial charge is 0.214 e. The molecule has 1 aromatic rings. The van der Waals surface area contributed by atoms with Crippen molar-refractivity contribution in [3.8, 4) is 0 Å². The minimum atomic E-state index is -3.46. The lowest BCUT2D eigenvalue weighted by molar-refractivity contribution is 0.486. The molecule has 0 bridgehead atoms. The molecule has 0 amide bonds. The zero-order valence-corrected chi connectivity index (χ0v) is 14.5. The molecule has 0 aromatic heterocycles. The van der Waals surface area contributed by atoms with E-state index in [1.54, 1.807) is 6.07 Å². The average molecular weight is 353 g/mol. The van der Waals surface area contributed by atoms with Crippen LogP contribution in [0.3, 0.4) is 0 Å². The Morgan fingerprint density at radius 1 is 1.14 bits per heavy atom. The van der Waals surface area contributed by atoms with Crippen molar-refractivity contribution in [1.29, 1.82) is 0 Å². The number of hydrogen-bond donors (Lipinski definition) is 1. The van der Waals surface area contributed by atoms with Gasteiger partial charge in [-0.25, -0.2) is 21.1 Å². The third-order valence-corrected chi connectivity index (χ3v) is 6.90. The Hall–Kier alpha value is -0.770. The topological polar surface area (TPSA) is 97.5 Å². The molecule has 0 atom stereocenters. The maximum absolute atomic E-state index is 12.0. The lowest BCUT2D eigenvalue weighted by Gasteiger charge is -2.16. The van der Waals surface area contributed by atoms with Crippen LogP contribution >= 0.6 is 11.8 Å². The molecule has 0 fully saturated rings. The lowest BCUT2D eigenvalue weighted by Crippen LogP contribution is -2.33. The SMILES string of the molecule is CN(CCS(C)(=O)=O)S(=O)(=O)CCSc1ccccc1N. The summed E-state index contributed by atoms with van der Waals surface area (Å²) < 4.78 is 47.2. The zero-order valence-electron chi connectivity index (χ0n) is 12.0. The number of sulfone groups is 1. The molecule has 0 heterocycles. The summed E-state index contributed by atoms with van der Waals surface area (Å²) in [4.78, 5) is 0.839. The molecule has 0 aliphatic heterocycles. The normalized spacial score (nSPS) is 12.7. The third kappa shape index (κ3) is 6.68. The molecule has 1 rings (SSSR count). The predicted molar refractivity (Wildman–Crippen MR) is 87.7 cm³/mol. The van der Waals surface area contributed by atoms with Crippen LogP contribution < -0.4 is 5.73 Å². The average Bonchev–Trinajstić information content (AvgIpc) is 2.37. The number of benzene rings is 1. The lowest BCUT2D eigenvalue weighted by atomic mass is 10.3. The highest BCUT2D eigenvalue weighted by atomic mass is 32.2. The third-order valence-electron chi connectivity index (χ3n) is 2.77. The Kier molecular flexibility index (Phi) is 6.51. The van der Waals surface area contributed by atoms with Gasteiger partial charge in [-0.2, -0.15) is 0 Å². The van der Waals surface area contributed by atoms with Crippen molar-refractivity contribution in [1.82, 2.24) is 4.31 Å². The number of nitrogen functional groups attached to an aromatic ring is 1. The van der Waals surface area contributed by atoms with E-state index >= 15 is 0 Å². The summed E-state index contributed by atoms with van der Waals surface area (Å²) in [6, 6.07) is 7.25. The molecule has 21 heavy (non-hydrogen) atoms. The van der Waals surface area contributed by atoms with Gasteiger partial charge in [0.1, 0.15) is 9.84 Å². The quantitative estimate of drug-likeness (QED) is 0.545. The van der Waals surface area contributed by atoms with Gasteiger partial charge in [-0.05, 0) is 12.1 Å². The van der Waals surface area contributed by atoms with Crippen LogP contribution in [-0.4, -0.2) is 58.2 Å². The van der Waals surface area contributed by atoms with Gasteiger partial charge in [0.15, 0.2) is 0 Å². The van der Waals surface area contributed by atoms with Crippen LogP contribution in [-0.2, 0) is 19.9 Å². The largest absolute Gasteiger partial charge is 0.398 e. The van der Waals surface area contributed by atoms with Crippen LogP contribution in [0.25, 0.3) is 0 Å². The van der Waals surface area contributed by atoms with E-state index in [9.17, 15) is 16.8 Å². The second-order valence-electron chi connectivity index (χ2n) is 4.65. The van der Waals surface area contributed by atoms with Gasteiger partial charge >= 0.3 is 0 Å². The first-order chi connectivity index (χ1) is 9.62. The monoisotopic (exact) mass is 352 g/mol. The van der Waals surface area contributed by atoms with Crippen LogP contribution in [0.4, 0.5) is 5.69 Å². The maximum atomic E-state index is 12.0. The zero-order chi connectivity index (χ0) is 16.1. The van der Waals surface area contributed by atoms with Gasteiger partial charge in [0.05, 0.1) is 11.5 Å². The molecule has 0 radical (unpaired) electrons. The second-order valence-corrected chi connectivity index (χ2v) is 10.2. The number of anilines is 1. The van der Waals surface area contributed by atoms with Gasteiger partial charge in [0.25, 0.3) is 0 Å². The summed E-state index contributed by atoms with van der Waals surface area (Å²) in [5.41, 5.74) is 6.39. The summed E-state index contributed by atoms with van der Waals surface area (Å²) in [6.07, 6.45) is 1.08. The van der Waals surface area contributed by atoms with Crippen molar-refractivity contribution in [2.45, 2.75) is 4.90 Å². The van der Waals surface area contributed by atoms with Gasteiger partial charge in [-0.1, -0.05) is 12.1 Å². The van der Waals surface area contributed by atoms with Gasteiger partial charge in [0.2, 0.25) is 10.0 Å². The van der Waals surface area contributed by atoms with Gasteiger partial charge in [-0.15, -0.1) is 11.8 Å². The molecule has 0 saturated carbocycles. The fourth-order valence-corrected chi connectivity index (χ4v) is 4.67. The molecule has 2 N–H and O–H groups in total. The predicted octanol–water partition coefficient (Wildman–Crippen LogP) is 0.667. The molecule has 0 spiro atoms. The number of rotatable bonds is 8.